The number of aliphatic hydroxyl groups is 1. The van der Waals surface area contributed by atoms with E-state index < -0.39 is 97.5 Å². The van der Waals surface area contributed by atoms with E-state index in [1.54, 1.807) is 0 Å². The SMILES string of the molecule is CCCCCCCCCCCCCCCCCCCCC(=O)O[C@H](COC(=O)CCCCCCCCCCCCCCCCCCC)COP(=O)(O)OC[C@@H](O)COP(=O)(O)OC[C@@H](COC(=O)CCCCCCCCC(C)CC)OC(=O)CCCCCCCCCCCCCC. The minimum Gasteiger partial charge on any atom is -0.462 e. The molecule has 0 amide bonds. The monoisotopic (exact) mass is 1420 g/mol. The molecule has 0 rings (SSSR count). The minimum absolute atomic E-state index is 0.107. The van der Waals surface area contributed by atoms with Gasteiger partial charge in [0.1, 0.15) is 19.3 Å². The van der Waals surface area contributed by atoms with Gasteiger partial charge in [-0.15, -0.1) is 0 Å². The van der Waals surface area contributed by atoms with Crippen molar-refractivity contribution in [1.82, 2.24) is 0 Å². The fraction of sp³-hybridized carbons (Fsp3) is 0.949. The van der Waals surface area contributed by atoms with E-state index in [4.69, 9.17) is 37.0 Å². The molecule has 0 aliphatic rings. The number of unbranched alkanes of at least 4 members (excludes halogenated alkanes) is 49. The van der Waals surface area contributed by atoms with Gasteiger partial charge in [-0.25, -0.2) is 9.13 Å². The second kappa shape index (κ2) is 71.1. The van der Waals surface area contributed by atoms with Crippen LogP contribution >= 0.6 is 15.6 Å². The number of ether oxygens (including phenoxy) is 4. The average molecular weight is 1420 g/mol. The fourth-order valence-corrected chi connectivity index (χ4v) is 13.6. The number of phosphoric acid groups is 2. The first-order chi connectivity index (χ1) is 47.1. The molecule has 0 fully saturated rings. The molecule has 3 unspecified atom stereocenters. The lowest BCUT2D eigenvalue weighted by Gasteiger charge is -2.21. The van der Waals surface area contributed by atoms with Gasteiger partial charge in [0.05, 0.1) is 26.4 Å². The summed E-state index contributed by atoms with van der Waals surface area (Å²) in [5.74, 6) is -1.38. The molecule has 0 aliphatic heterocycles. The molecule has 6 atom stereocenters. The molecule has 0 bridgehead atoms. The van der Waals surface area contributed by atoms with Crippen molar-refractivity contribution in [2.75, 3.05) is 39.6 Å². The third kappa shape index (κ3) is 70.9. The Morgan fingerprint density at radius 1 is 0.289 bits per heavy atom. The van der Waals surface area contributed by atoms with Gasteiger partial charge in [-0.3, -0.25) is 37.3 Å². The molecule has 0 aromatic rings. The van der Waals surface area contributed by atoms with Crippen LogP contribution in [0.3, 0.4) is 0 Å². The number of carbonyl (C=O) groups excluding carboxylic acids is 4. The Morgan fingerprint density at radius 3 is 0.732 bits per heavy atom. The molecule has 576 valence electrons. The van der Waals surface area contributed by atoms with E-state index in [2.05, 4.69) is 34.6 Å². The predicted octanol–water partition coefficient (Wildman–Crippen LogP) is 23.3. The van der Waals surface area contributed by atoms with Crippen LogP contribution in [0.5, 0.6) is 0 Å². The van der Waals surface area contributed by atoms with Crippen molar-refractivity contribution in [2.45, 2.75) is 432 Å². The fourth-order valence-electron chi connectivity index (χ4n) is 12.0. The van der Waals surface area contributed by atoms with Gasteiger partial charge in [0, 0.05) is 25.7 Å². The van der Waals surface area contributed by atoms with Crippen LogP contribution < -0.4 is 0 Å². The number of phosphoric ester groups is 2. The molecule has 0 aromatic heterocycles. The summed E-state index contributed by atoms with van der Waals surface area (Å²) in [4.78, 5) is 72.9. The maximum absolute atomic E-state index is 13.1. The zero-order valence-corrected chi connectivity index (χ0v) is 65.0. The standard InChI is InChI=1S/C78H152O17P2/c1-6-10-13-16-19-22-25-28-30-32-34-36-38-41-44-47-54-59-64-78(83)94-73(67-88-75(80)61-56-51-45-42-40-37-35-33-31-29-26-23-20-17-14-11-7-2)69-92-96(84,85)90-65-72(79)66-91-97(86,87)93-70-74(68-89-76(81)62-57-52-49-48-50-55-60-71(5)9-4)95-77(82)63-58-53-46-43-39-27-24-21-18-15-12-8-3/h71-74,79H,6-70H2,1-5H3,(H,84,85)(H,86,87)/t71?,72-,73-,74-/m1/s1. The van der Waals surface area contributed by atoms with E-state index >= 15 is 0 Å². The molecular weight excluding hydrogens is 1270 g/mol. The number of esters is 4. The summed E-state index contributed by atoms with van der Waals surface area (Å²) in [6, 6.07) is 0. The number of aliphatic hydroxyl groups excluding tert-OH is 1. The van der Waals surface area contributed by atoms with E-state index in [0.29, 0.717) is 25.7 Å². The molecule has 0 saturated heterocycles. The van der Waals surface area contributed by atoms with Gasteiger partial charge in [-0.2, -0.15) is 0 Å². The molecule has 19 heteroatoms. The smallest absolute Gasteiger partial charge is 0.462 e. The molecule has 0 saturated carbocycles. The summed E-state index contributed by atoms with van der Waals surface area (Å²) < 4.78 is 68.6. The van der Waals surface area contributed by atoms with Crippen LogP contribution in [-0.4, -0.2) is 96.7 Å². The molecule has 0 aromatic carbocycles. The van der Waals surface area contributed by atoms with Crippen molar-refractivity contribution >= 4 is 39.5 Å². The van der Waals surface area contributed by atoms with Crippen LogP contribution in [-0.2, 0) is 65.4 Å². The highest BCUT2D eigenvalue weighted by Gasteiger charge is 2.30. The zero-order chi connectivity index (χ0) is 71.2. The number of hydrogen-bond acceptors (Lipinski definition) is 15. The van der Waals surface area contributed by atoms with Crippen molar-refractivity contribution in [3.8, 4) is 0 Å². The largest absolute Gasteiger partial charge is 0.472 e. The highest BCUT2D eigenvalue weighted by Crippen LogP contribution is 2.45. The van der Waals surface area contributed by atoms with Crippen LogP contribution in [0.1, 0.15) is 413 Å². The Morgan fingerprint density at radius 2 is 0.495 bits per heavy atom. The normalized spacial score (nSPS) is 14.2. The second-order valence-electron chi connectivity index (χ2n) is 28.3. The second-order valence-corrected chi connectivity index (χ2v) is 31.3. The van der Waals surface area contributed by atoms with E-state index in [-0.39, 0.29) is 25.7 Å². The molecule has 3 N–H and O–H groups in total. The van der Waals surface area contributed by atoms with Crippen molar-refractivity contribution in [1.29, 1.82) is 0 Å². The number of carbonyl (C=O) groups is 4. The Kier molecular flexibility index (Phi) is 69.6. The van der Waals surface area contributed by atoms with E-state index in [0.717, 1.165) is 102 Å². The molecule has 17 nitrogen and oxygen atoms in total. The van der Waals surface area contributed by atoms with E-state index in [1.807, 2.05) is 0 Å². The van der Waals surface area contributed by atoms with E-state index in [9.17, 15) is 43.2 Å². The lowest BCUT2D eigenvalue weighted by molar-refractivity contribution is -0.161. The van der Waals surface area contributed by atoms with Gasteiger partial charge in [-0.05, 0) is 31.6 Å². The first-order valence-electron chi connectivity index (χ1n) is 40.7. The Hall–Kier alpha value is -1.94. The molecule has 97 heavy (non-hydrogen) atoms. The van der Waals surface area contributed by atoms with Crippen LogP contribution in [0.2, 0.25) is 0 Å². The van der Waals surface area contributed by atoms with Crippen molar-refractivity contribution in [2.24, 2.45) is 5.92 Å². The van der Waals surface area contributed by atoms with Crippen LogP contribution in [0.4, 0.5) is 0 Å². The molecule has 0 heterocycles. The van der Waals surface area contributed by atoms with Gasteiger partial charge >= 0.3 is 39.5 Å². The Balaban J connectivity index is 5.23. The molecule has 0 radical (unpaired) electrons. The maximum atomic E-state index is 13.1. The third-order valence-electron chi connectivity index (χ3n) is 18.6. The van der Waals surface area contributed by atoms with Crippen LogP contribution in [0.15, 0.2) is 0 Å². The Labute approximate surface area is 594 Å². The van der Waals surface area contributed by atoms with Crippen molar-refractivity contribution < 1.29 is 80.2 Å². The highest BCUT2D eigenvalue weighted by molar-refractivity contribution is 7.47. The van der Waals surface area contributed by atoms with Crippen molar-refractivity contribution in [3.63, 3.8) is 0 Å². The molecule has 0 spiro atoms. The first kappa shape index (κ1) is 95.1. The quantitative estimate of drug-likeness (QED) is 0.0222. The number of hydrogen-bond donors (Lipinski definition) is 3. The summed E-state index contributed by atoms with van der Waals surface area (Å²) in [5.41, 5.74) is 0. The highest BCUT2D eigenvalue weighted by atomic mass is 31.2. The zero-order valence-electron chi connectivity index (χ0n) is 63.2. The van der Waals surface area contributed by atoms with Crippen molar-refractivity contribution in [3.05, 3.63) is 0 Å². The summed E-state index contributed by atoms with van der Waals surface area (Å²) in [6.07, 6.45) is 61.0. The maximum Gasteiger partial charge on any atom is 0.472 e. The molecular formula is C78H152O17P2. The summed E-state index contributed by atoms with van der Waals surface area (Å²) in [5, 5.41) is 10.6. The lowest BCUT2D eigenvalue weighted by atomic mass is 10.00. The van der Waals surface area contributed by atoms with E-state index in [1.165, 1.54) is 231 Å². The van der Waals surface area contributed by atoms with Gasteiger partial charge in [-0.1, -0.05) is 362 Å². The Bertz CT molecular complexity index is 1860. The lowest BCUT2D eigenvalue weighted by Crippen LogP contribution is -2.30. The number of rotatable bonds is 78. The minimum atomic E-state index is -4.96. The van der Waals surface area contributed by atoms with Crippen LogP contribution in [0, 0.1) is 5.92 Å². The average Bonchev–Trinajstić information content (AvgIpc) is 3.79. The van der Waals surface area contributed by atoms with Gasteiger partial charge < -0.3 is 33.8 Å². The van der Waals surface area contributed by atoms with Gasteiger partial charge in [0.15, 0.2) is 12.2 Å². The predicted molar refractivity (Wildman–Crippen MR) is 395 cm³/mol. The topological polar surface area (TPSA) is 237 Å². The molecule has 0 aliphatic carbocycles. The summed E-state index contributed by atoms with van der Waals surface area (Å²) in [6.45, 7) is 7.27. The summed E-state index contributed by atoms with van der Waals surface area (Å²) in [7, 11) is -9.91. The van der Waals surface area contributed by atoms with Gasteiger partial charge in [0.2, 0.25) is 0 Å². The summed E-state index contributed by atoms with van der Waals surface area (Å²) >= 11 is 0. The van der Waals surface area contributed by atoms with Crippen LogP contribution in [0.25, 0.3) is 0 Å². The third-order valence-corrected chi connectivity index (χ3v) is 20.5. The first-order valence-corrected chi connectivity index (χ1v) is 43.7. The van der Waals surface area contributed by atoms with Gasteiger partial charge in [0.25, 0.3) is 0 Å².